The molecule has 0 spiro atoms. The number of nitrogens with zero attached hydrogens (tertiary/aromatic N) is 3. The highest BCUT2D eigenvalue weighted by Gasteiger charge is 2.19. The minimum atomic E-state index is -0.330. The summed E-state index contributed by atoms with van der Waals surface area (Å²) in [6.07, 6.45) is 0. The van der Waals surface area contributed by atoms with Crippen LogP contribution in [0.25, 0.3) is 22.8 Å². The number of methoxy groups -OCH3 is 1. The van der Waals surface area contributed by atoms with E-state index >= 15 is 0 Å². The summed E-state index contributed by atoms with van der Waals surface area (Å²) >= 11 is 0. The van der Waals surface area contributed by atoms with Gasteiger partial charge in [-0.25, -0.2) is 4.39 Å². The molecule has 8 heteroatoms. The zero-order valence-electron chi connectivity index (χ0n) is 17.3. The summed E-state index contributed by atoms with van der Waals surface area (Å²) in [5.41, 5.74) is 3.81. The number of anilines is 1. The molecule has 0 saturated carbocycles. The zero-order valence-corrected chi connectivity index (χ0v) is 17.3. The van der Waals surface area contributed by atoms with Crippen LogP contribution in [-0.4, -0.2) is 27.7 Å². The summed E-state index contributed by atoms with van der Waals surface area (Å²) < 4.78 is 25.6. The van der Waals surface area contributed by atoms with Crippen molar-refractivity contribution in [1.29, 1.82) is 0 Å². The van der Waals surface area contributed by atoms with Crippen LogP contribution < -0.4 is 10.1 Å². The van der Waals surface area contributed by atoms with E-state index in [2.05, 4.69) is 15.5 Å². The van der Waals surface area contributed by atoms with E-state index in [1.54, 1.807) is 43.5 Å². The third-order valence-electron chi connectivity index (χ3n) is 5.01. The normalized spacial score (nSPS) is 10.8. The van der Waals surface area contributed by atoms with Crippen molar-refractivity contribution in [3.63, 3.8) is 0 Å². The lowest BCUT2D eigenvalue weighted by Gasteiger charge is -2.10. The highest BCUT2D eigenvalue weighted by atomic mass is 19.1. The first-order chi connectivity index (χ1) is 14.9. The van der Waals surface area contributed by atoms with Crippen molar-refractivity contribution in [2.24, 2.45) is 0 Å². The fraction of sp³-hybridized carbons (Fsp3) is 0.174. The number of benzene rings is 2. The highest BCUT2D eigenvalue weighted by Crippen LogP contribution is 2.28. The van der Waals surface area contributed by atoms with Gasteiger partial charge in [-0.05, 0) is 68.4 Å². The average molecular weight is 420 g/mol. The predicted molar refractivity (Wildman–Crippen MR) is 114 cm³/mol. The minimum absolute atomic E-state index is 0.142. The van der Waals surface area contributed by atoms with Gasteiger partial charge in [-0.3, -0.25) is 4.79 Å². The lowest BCUT2D eigenvalue weighted by molar-refractivity contribution is -0.116. The Bertz CT molecular complexity index is 1210. The molecule has 0 unspecified atom stereocenters. The first kappa shape index (κ1) is 20.3. The molecule has 0 bridgehead atoms. The monoisotopic (exact) mass is 420 g/mol. The molecule has 7 nitrogen and oxygen atoms in total. The smallest absolute Gasteiger partial charge is 0.260 e. The number of amides is 1. The van der Waals surface area contributed by atoms with E-state index in [4.69, 9.17) is 9.26 Å². The minimum Gasteiger partial charge on any atom is -0.497 e. The Morgan fingerprint density at radius 2 is 1.84 bits per heavy atom. The maximum Gasteiger partial charge on any atom is 0.260 e. The Morgan fingerprint density at radius 3 is 2.52 bits per heavy atom. The van der Waals surface area contributed by atoms with Gasteiger partial charge in [0.2, 0.25) is 11.7 Å². The van der Waals surface area contributed by atoms with Gasteiger partial charge in [0.1, 0.15) is 18.1 Å². The van der Waals surface area contributed by atoms with Gasteiger partial charge in [0.15, 0.2) is 0 Å². The number of halogens is 1. The molecule has 0 radical (unpaired) electrons. The predicted octanol–water partition coefficient (Wildman–Crippen LogP) is 4.61. The van der Waals surface area contributed by atoms with Crippen molar-refractivity contribution < 1.29 is 18.4 Å². The van der Waals surface area contributed by atoms with Crippen molar-refractivity contribution in [2.75, 3.05) is 12.4 Å². The number of rotatable bonds is 6. The number of ether oxygens (including phenoxy) is 1. The van der Waals surface area contributed by atoms with E-state index in [9.17, 15) is 9.18 Å². The van der Waals surface area contributed by atoms with Crippen LogP contribution >= 0.6 is 0 Å². The van der Waals surface area contributed by atoms with E-state index in [0.29, 0.717) is 23.0 Å². The molecule has 2 aromatic carbocycles. The molecule has 0 aliphatic rings. The third kappa shape index (κ3) is 4.32. The molecule has 1 N–H and O–H groups in total. The number of aryl methyl sites for hydroxylation is 1. The molecular formula is C23H21FN4O3. The van der Waals surface area contributed by atoms with Gasteiger partial charge < -0.3 is 19.1 Å². The van der Waals surface area contributed by atoms with Crippen LogP contribution in [0, 0.1) is 19.7 Å². The number of hydrogen-bond acceptors (Lipinski definition) is 5. The summed E-state index contributed by atoms with van der Waals surface area (Å²) in [5.74, 6) is 0.950. The second kappa shape index (κ2) is 8.43. The summed E-state index contributed by atoms with van der Waals surface area (Å²) in [6.45, 7) is 3.95. The summed E-state index contributed by atoms with van der Waals surface area (Å²) in [5, 5.41) is 6.87. The van der Waals surface area contributed by atoms with E-state index in [-0.39, 0.29) is 18.3 Å². The fourth-order valence-electron chi connectivity index (χ4n) is 3.33. The van der Waals surface area contributed by atoms with Gasteiger partial charge in [-0.2, -0.15) is 4.98 Å². The SMILES string of the molecule is COc1ccc(NC(=O)Cn2c(C)cc(-c3nc(-c4ccc(F)cc4)no3)c2C)cc1. The van der Waals surface area contributed by atoms with Crippen LogP contribution in [0.4, 0.5) is 10.1 Å². The maximum absolute atomic E-state index is 13.1. The fourth-order valence-corrected chi connectivity index (χ4v) is 3.33. The molecule has 0 saturated heterocycles. The lowest BCUT2D eigenvalue weighted by Crippen LogP contribution is -2.20. The zero-order chi connectivity index (χ0) is 22.0. The quantitative estimate of drug-likeness (QED) is 0.493. The molecule has 0 aliphatic heterocycles. The van der Waals surface area contributed by atoms with Crippen molar-refractivity contribution in [3.05, 3.63) is 71.8 Å². The molecule has 31 heavy (non-hydrogen) atoms. The van der Waals surface area contributed by atoms with Gasteiger partial charge in [-0.1, -0.05) is 5.16 Å². The van der Waals surface area contributed by atoms with Gasteiger partial charge in [0, 0.05) is 22.6 Å². The average Bonchev–Trinajstić information content (AvgIpc) is 3.35. The number of carbonyl (C=O) groups excluding carboxylic acids is 1. The maximum atomic E-state index is 13.1. The number of aromatic nitrogens is 3. The van der Waals surface area contributed by atoms with Crippen LogP contribution in [-0.2, 0) is 11.3 Å². The van der Waals surface area contributed by atoms with E-state index < -0.39 is 0 Å². The van der Waals surface area contributed by atoms with Crippen molar-refractivity contribution >= 4 is 11.6 Å². The number of hydrogen-bond donors (Lipinski definition) is 1. The molecule has 0 aliphatic carbocycles. The molecule has 4 aromatic rings. The summed E-state index contributed by atoms with van der Waals surface area (Å²) in [7, 11) is 1.59. The lowest BCUT2D eigenvalue weighted by atomic mass is 10.2. The Morgan fingerprint density at radius 1 is 1.13 bits per heavy atom. The van der Waals surface area contributed by atoms with Crippen molar-refractivity contribution in [3.8, 4) is 28.6 Å². The van der Waals surface area contributed by atoms with Crippen molar-refractivity contribution in [1.82, 2.24) is 14.7 Å². The molecule has 2 heterocycles. The van der Waals surface area contributed by atoms with Crippen molar-refractivity contribution in [2.45, 2.75) is 20.4 Å². The van der Waals surface area contributed by atoms with Crippen LogP contribution in [0.2, 0.25) is 0 Å². The summed E-state index contributed by atoms with van der Waals surface area (Å²) in [6, 6.07) is 14.9. The number of nitrogens with one attached hydrogen (secondary N) is 1. The Balaban J connectivity index is 1.52. The van der Waals surface area contributed by atoms with Gasteiger partial charge in [0.05, 0.1) is 12.7 Å². The highest BCUT2D eigenvalue weighted by molar-refractivity contribution is 5.90. The van der Waals surface area contributed by atoms with Gasteiger partial charge >= 0.3 is 0 Å². The Labute approximate surface area is 178 Å². The Kier molecular flexibility index (Phi) is 5.53. The van der Waals surface area contributed by atoms with Crippen LogP contribution in [0.1, 0.15) is 11.4 Å². The van der Waals surface area contributed by atoms with E-state index in [1.165, 1.54) is 12.1 Å². The number of carbonyl (C=O) groups is 1. The first-order valence-corrected chi connectivity index (χ1v) is 9.65. The molecule has 0 fully saturated rings. The standard InChI is InChI=1S/C23H21FN4O3/c1-14-12-20(23-26-22(27-31-23)16-4-6-17(24)7-5-16)15(2)28(14)13-21(29)25-18-8-10-19(30-3)11-9-18/h4-12H,13H2,1-3H3,(H,25,29). The second-order valence-electron chi connectivity index (χ2n) is 7.08. The third-order valence-corrected chi connectivity index (χ3v) is 5.01. The van der Waals surface area contributed by atoms with Crippen LogP contribution in [0.5, 0.6) is 5.75 Å². The first-order valence-electron chi connectivity index (χ1n) is 9.65. The largest absolute Gasteiger partial charge is 0.497 e. The molecule has 0 atom stereocenters. The van der Waals surface area contributed by atoms with E-state index in [0.717, 1.165) is 22.7 Å². The van der Waals surface area contributed by atoms with Gasteiger partial charge in [-0.15, -0.1) is 0 Å². The molecule has 1 amide bonds. The van der Waals surface area contributed by atoms with E-state index in [1.807, 2.05) is 24.5 Å². The molecule has 2 aromatic heterocycles. The molecule has 158 valence electrons. The van der Waals surface area contributed by atoms with Gasteiger partial charge in [0.25, 0.3) is 5.89 Å². The second-order valence-corrected chi connectivity index (χ2v) is 7.08. The van der Waals surface area contributed by atoms with Crippen LogP contribution in [0.15, 0.2) is 59.1 Å². The molecular weight excluding hydrogens is 399 g/mol. The summed E-state index contributed by atoms with van der Waals surface area (Å²) in [4.78, 5) is 17.0. The topological polar surface area (TPSA) is 82.2 Å². The Hall–Kier alpha value is -3.94. The van der Waals surface area contributed by atoms with Crippen LogP contribution in [0.3, 0.4) is 0 Å². The molecule has 4 rings (SSSR count).